The van der Waals surface area contributed by atoms with Gasteiger partial charge in [0.05, 0.1) is 12.3 Å². The molecule has 1 atom stereocenters. The van der Waals surface area contributed by atoms with Crippen molar-refractivity contribution in [3.8, 4) is 0 Å². The summed E-state index contributed by atoms with van der Waals surface area (Å²) >= 11 is 0. The van der Waals surface area contributed by atoms with E-state index in [4.69, 9.17) is 4.74 Å². The molecule has 1 saturated heterocycles. The highest BCUT2D eigenvalue weighted by Crippen LogP contribution is 2.32. The van der Waals surface area contributed by atoms with Gasteiger partial charge in [0.15, 0.2) is 0 Å². The van der Waals surface area contributed by atoms with Gasteiger partial charge < -0.3 is 10.1 Å². The number of nitrogens with zero attached hydrogens (tertiary/aromatic N) is 2. The van der Waals surface area contributed by atoms with E-state index < -0.39 is 0 Å². The molecule has 1 aromatic rings. The van der Waals surface area contributed by atoms with Crippen molar-refractivity contribution in [2.75, 3.05) is 19.8 Å². The Balaban J connectivity index is 2.05. The van der Waals surface area contributed by atoms with Gasteiger partial charge in [-0.25, -0.2) is 0 Å². The molecule has 4 heteroatoms. The minimum absolute atomic E-state index is 0.147. The Hall–Kier alpha value is -0.870. The first-order chi connectivity index (χ1) is 8.89. The van der Waals surface area contributed by atoms with Gasteiger partial charge in [-0.05, 0) is 39.7 Å². The summed E-state index contributed by atoms with van der Waals surface area (Å²) in [7, 11) is 1.97. The number of nitrogens with one attached hydrogen (secondary N) is 1. The van der Waals surface area contributed by atoms with Crippen molar-refractivity contribution in [2.45, 2.75) is 45.6 Å². The van der Waals surface area contributed by atoms with Crippen LogP contribution in [0.1, 0.15) is 39.3 Å². The Morgan fingerprint density at radius 2 is 2.26 bits per heavy atom. The first-order valence-electron chi connectivity index (χ1n) is 7.20. The van der Waals surface area contributed by atoms with E-state index in [2.05, 4.69) is 37.3 Å². The van der Waals surface area contributed by atoms with Crippen LogP contribution < -0.4 is 5.32 Å². The summed E-state index contributed by atoms with van der Waals surface area (Å²) < 4.78 is 7.63. The minimum atomic E-state index is 0.147. The fourth-order valence-corrected chi connectivity index (χ4v) is 2.65. The lowest BCUT2D eigenvalue weighted by Crippen LogP contribution is -2.48. The second-order valence-corrected chi connectivity index (χ2v) is 6.92. The summed E-state index contributed by atoms with van der Waals surface area (Å²) in [6, 6.07) is 2.12. The van der Waals surface area contributed by atoms with Crippen molar-refractivity contribution in [3.05, 3.63) is 18.0 Å². The van der Waals surface area contributed by atoms with Gasteiger partial charge in [0.25, 0.3) is 0 Å². The lowest BCUT2D eigenvalue weighted by Gasteiger charge is -2.39. The molecule has 1 fully saturated rings. The molecule has 0 aliphatic carbocycles. The molecule has 0 spiro atoms. The first-order valence-corrected chi connectivity index (χ1v) is 7.20. The second-order valence-electron chi connectivity index (χ2n) is 6.92. The van der Waals surface area contributed by atoms with E-state index in [9.17, 15) is 0 Å². The van der Waals surface area contributed by atoms with Crippen LogP contribution in [0, 0.1) is 5.41 Å². The standard InChI is InChI=1S/C15H27N3O/c1-14(2,3)16-11-15(7-5-9-19-12-15)10-13-6-8-18(4)17-13/h6,8,16H,5,7,9-12H2,1-4H3. The smallest absolute Gasteiger partial charge is 0.0631 e. The van der Waals surface area contributed by atoms with Crippen LogP contribution in [0.2, 0.25) is 0 Å². The highest BCUT2D eigenvalue weighted by molar-refractivity contribution is 5.05. The van der Waals surface area contributed by atoms with Crippen LogP contribution in [-0.4, -0.2) is 35.1 Å². The van der Waals surface area contributed by atoms with Crippen LogP contribution in [0.3, 0.4) is 0 Å². The highest BCUT2D eigenvalue weighted by Gasteiger charge is 2.34. The largest absolute Gasteiger partial charge is 0.381 e. The van der Waals surface area contributed by atoms with Crippen LogP contribution in [-0.2, 0) is 18.2 Å². The van der Waals surface area contributed by atoms with Gasteiger partial charge in [-0.3, -0.25) is 4.68 Å². The van der Waals surface area contributed by atoms with Crippen molar-refractivity contribution in [2.24, 2.45) is 12.5 Å². The van der Waals surface area contributed by atoms with Crippen LogP contribution in [0.25, 0.3) is 0 Å². The predicted molar refractivity (Wildman–Crippen MR) is 77.2 cm³/mol. The van der Waals surface area contributed by atoms with Crippen LogP contribution in [0.5, 0.6) is 0 Å². The molecule has 1 unspecified atom stereocenters. The van der Waals surface area contributed by atoms with Crippen LogP contribution in [0.4, 0.5) is 0 Å². The van der Waals surface area contributed by atoms with E-state index in [0.717, 1.165) is 32.6 Å². The third-order valence-corrected chi connectivity index (χ3v) is 3.72. The Kier molecular flexibility index (Phi) is 4.31. The molecule has 2 heterocycles. The summed E-state index contributed by atoms with van der Waals surface area (Å²) in [5, 5.41) is 8.17. The van der Waals surface area contributed by atoms with E-state index in [1.54, 1.807) is 0 Å². The van der Waals surface area contributed by atoms with E-state index in [-0.39, 0.29) is 11.0 Å². The molecular weight excluding hydrogens is 238 g/mol. The zero-order valence-corrected chi connectivity index (χ0v) is 12.7. The molecule has 2 rings (SSSR count). The van der Waals surface area contributed by atoms with Crippen LogP contribution in [0.15, 0.2) is 12.3 Å². The molecule has 1 aliphatic heterocycles. The fourth-order valence-electron chi connectivity index (χ4n) is 2.65. The number of hydrogen-bond acceptors (Lipinski definition) is 3. The summed E-state index contributed by atoms with van der Waals surface area (Å²) in [4.78, 5) is 0. The third kappa shape index (κ3) is 4.32. The highest BCUT2D eigenvalue weighted by atomic mass is 16.5. The number of hydrogen-bond donors (Lipinski definition) is 1. The van der Waals surface area contributed by atoms with Gasteiger partial charge in [-0.2, -0.15) is 5.10 Å². The normalized spacial score (nSPS) is 24.6. The zero-order valence-electron chi connectivity index (χ0n) is 12.7. The Morgan fingerprint density at radius 1 is 1.47 bits per heavy atom. The zero-order chi connectivity index (χ0) is 13.9. The molecule has 0 aromatic carbocycles. The molecule has 0 saturated carbocycles. The summed E-state index contributed by atoms with van der Waals surface area (Å²) in [6.45, 7) is 9.38. The van der Waals surface area contributed by atoms with Gasteiger partial charge in [-0.1, -0.05) is 0 Å². The molecule has 0 radical (unpaired) electrons. The molecule has 1 aliphatic rings. The number of aryl methyl sites for hydroxylation is 1. The molecular formula is C15H27N3O. The van der Waals surface area contributed by atoms with Crippen molar-refractivity contribution >= 4 is 0 Å². The maximum atomic E-state index is 5.76. The molecule has 19 heavy (non-hydrogen) atoms. The van der Waals surface area contributed by atoms with Crippen molar-refractivity contribution in [3.63, 3.8) is 0 Å². The van der Waals surface area contributed by atoms with Crippen LogP contribution >= 0.6 is 0 Å². The van der Waals surface area contributed by atoms with E-state index in [1.807, 2.05) is 17.9 Å². The Bertz CT molecular complexity index is 400. The maximum Gasteiger partial charge on any atom is 0.0631 e. The van der Waals surface area contributed by atoms with Gasteiger partial charge >= 0.3 is 0 Å². The quantitative estimate of drug-likeness (QED) is 0.906. The number of ether oxygens (including phenoxy) is 1. The fraction of sp³-hybridized carbons (Fsp3) is 0.800. The van der Waals surface area contributed by atoms with Crippen molar-refractivity contribution in [1.29, 1.82) is 0 Å². The summed E-state index contributed by atoms with van der Waals surface area (Å²) in [5.41, 5.74) is 1.51. The summed E-state index contributed by atoms with van der Waals surface area (Å²) in [5.74, 6) is 0. The first kappa shape index (κ1) is 14.5. The van der Waals surface area contributed by atoms with Crippen molar-refractivity contribution < 1.29 is 4.74 Å². The molecule has 1 aromatic heterocycles. The second kappa shape index (κ2) is 5.63. The van der Waals surface area contributed by atoms with Crippen molar-refractivity contribution in [1.82, 2.24) is 15.1 Å². The maximum absolute atomic E-state index is 5.76. The molecule has 108 valence electrons. The SMILES string of the molecule is Cn1ccc(CC2(CNC(C)(C)C)CCCOC2)n1. The van der Waals surface area contributed by atoms with Gasteiger partial charge in [0.1, 0.15) is 0 Å². The topological polar surface area (TPSA) is 39.1 Å². The monoisotopic (exact) mass is 265 g/mol. The molecule has 4 nitrogen and oxygen atoms in total. The summed E-state index contributed by atoms with van der Waals surface area (Å²) in [6.07, 6.45) is 5.38. The molecule has 0 amide bonds. The molecule has 0 bridgehead atoms. The Labute approximate surface area is 116 Å². The lowest BCUT2D eigenvalue weighted by molar-refractivity contribution is -0.0105. The molecule has 1 N–H and O–H groups in total. The number of rotatable bonds is 4. The lowest BCUT2D eigenvalue weighted by atomic mass is 9.78. The van der Waals surface area contributed by atoms with Gasteiger partial charge in [-0.15, -0.1) is 0 Å². The van der Waals surface area contributed by atoms with Gasteiger partial charge in [0.2, 0.25) is 0 Å². The third-order valence-electron chi connectivity index (χ3n) is 3.72. The van der Waals surface area contributed by atoms with Gasteiger partial charge in [0, 0.05) is 43.8 Å². The number of aromatic nitrogens is 2. The van der Waals surface area contributed by atoms with E-state index in [1.165, 1.54) is 12.1 Å². The average Bonchev–Trinajstić information content (AvgIpc) is 2.73. The Morgan fingerprint density at radius 3 is 2.79 bits per heavy atom. The predicted octanol–water partition coefficient (Wildman–Crippen LogP) is 2.15. The van der Waals surface area contributed by atoms with E-state index >= 15 is 0 Å². The minimum Gasteiger partial charge on any atom is -0.381 e. The average molecular weight is 265 g/mol. The van der Waals surface area contributed by atoms with E-state index in [0.29, 0.717) is 0 Å².